The fraction of sp³-hybridized carbons (Fsp3) is 0.400. The van der Waals surface area contributed by atoms with Crippen LogP contribution in [0.25, 0.3) is 11.1 Å². The lowest BCUT2D eigenvalue weighted by Crippen LogP contribution is -2.28. The van der Waals surface area contributed by atoms with Crippen molar-refractivity contribution < 1.29 is 28.2 Å². The number of likely N-dealkylation sites (tertiary alicyclic amines) is 1. The largest absolute Gasteiger partial charge is 0.417 e. The predicted octanol–water partition coefficient (Wildman–Crippen LogP) is 2.88. The quantitative estimate of drug-likeness (QED) is 0.692. The number of aliphatic hydroxyl groups excluding tert-OH is 2. The van der Waals surface area contributed by atoms with Crippen LogP contribution in [0.15, 0.2) is 42.5 Å². The van der Waals surface area contributed by atoms with Crippen molar-refractivity contribution >= 4 is 5.91 Å². The summed E-state index contributed by atoms with van der Waals surface area (Å²) in [5.74, 6) is 4.78. The van der Waals surface area contributed by atoms with Crippen molar-refractivity contribution in [3.8, 4) is 23.0 Å². The summed E-state index contributed by atoms with van der Waals surface area (Å²) in [6, 6.07) is 10.9. The maximum atomic E-state index is 13.6. The molecule has 1 amide bonds. The Balaban J connectivity index is 1.67. The van der Waals surface area contributed by atoms with Gasteiger partial charge in [-0.25, -0.2) is 0 Å². The lowest BCUT2D eigenvalue weighted by atomic mass is 9.93. The van der Waals surface area contributed by atoms with Gasteiger partial charge in [0.25, 0.3) is 5.91 Å². The summed E-state index contributed by atoms with van der Waals surface area (Å²) in [4.78, 5) is 15.7. The summed E-state index contributed by atoms with van der Waals surface area (Å²) >= 11 is 0. The van der Waals surface area contributed by atoms with Gasteiger partial charge in [-0.05, 0) is 54.8 Å². The standard InChI is InChI=1S/C25H25F3N2O3/c1-29(18-8-9-18)13-17-12-16(7-11-24(33)30-14-22(31)23(32)15-30)6-10-19(17)20-4-2-3-5-21(20)25(26,27)28/h2-6,10,12,18,22-23,31-32H,8-9,13-15H2,1H3/t22-,23+. The third-order valence-corrected chi connectivity index (χ3v) is 6.08. The number of benzene rings is 2. The molecule has 2 fully saturated rings. The first-order chi connectivity index (χ1) is 15.6. The van der Waals surface area contributed by atoms with Gasteiger partial charge in [-0.2, -0.15) is 13.2 Å². The van der Waals surface area contributed by atoms with E-state index >= 15 is 0 Å². The molecule has 0 radical (unpaired) electrons. The maximum Gasteiger partial charge on any atom is 0.417 e. The first-order valence-corrected chi connectivity index (χ1v) is 10.8. The van der Waals surface area contributed by atoms with E-state index in [9.17, 15) is 28.2 Å². The highest BCUT2D eigenvalue weighted by atomic mass is 19.4. The molecule has 0 aromatic heterocycles. The molecule has 2 aliphatic rings. The zero-order valence-corrected chi connectivity index (χ0v) is 18.1. The van der Waals surface area contributed by atoms with Gasteiger partial charge >= 0.3 is 6.18 Å². The molecule has 2 atom stereocenters. The van der Waals surface area contributed by atoms with E-state index in [0.717, 1.165) is 18.9 Å². The van der Waals surface area contributed by atoms with Crippen LogP contribution in [0, 0.1) is 11.8 Å². The van der Waals surface area contributed by atoms with Gasteiger partial charge in [0.1, 0.15) is 0 Å². The average Bonchev–Trinajstić information content (AvgIpc) is 3.57. The summed E-state index contributed by atoms with van der Waals surface area (Å²) in [5.41, 5.74) is 1.11. The van der Waals surface area contributed by atoms with Gasteiger partial charge in [-0.1, -0.05) is 30.2 Å². The van der Waals surface area contributed by atoms with E-state index in [1.54, 1.807) is 24.3 Å². The predicted molar refractivity (Wildman–Crippen MR) is 117 cm³/mol. The highest BCUT2D eigenvalue weighted by Gasteiger charge is 2.34. The number of hydrogen-bond donors (Lipinski definition) is 2. The summed E-state index contributed by atoms with van der Waals surface area (Å²) < 4.78 is 40.9. The minimum Gasteiger partial charge on any atom is -0.388 e. The molecular weight excluding hydrogens is 433 g/mol. The molecule has 0 bridgehead atoms. The Morgan fingerprint density at radius 2 is 1.76 bits per heavy atom. The van der Waals surface area contributed by atoms with Crippen molar-refractivity contribution in [1.29, 1.82) is 0 Å². The van der Waals surface area contributed by atoms with E-state index in [4.69, 9.17) is 0 Å². The molecular formula is C25H25F3N2O3. The Labute approximate surface area is 190 Å². The van der Waals surface area contributed by atoms with Crippen LogP contribution < -0.4 is 0 Å². The highest BCUT2D eigenvalue weighted by Crippen LogP contribution is 2.39. The third kappa shape index (κ3) is 5.38. The molecule has 174 valence electrons. The van der Waals surface area contributed by atoms with Crippen LogP contribution in [0.1, 0.15) is 29.5 Å². The van der Waals surface area contributed by atoms with Crippen molar-refractivity contribution in [1.82, 2.24) is 9.80 Å². The van der Waals surface area contributed by atoms with Crippen molar-refractivity contribution in [2.24, 2.45) is 0 Å². The second-order valence-electron chi connectivity index (χ2n) is 8.66. The SMILES string of the molecule is CN(Cc1cc(C#CC(=O)N2C[C@@H](O)[C@@H](O)C2)ccc1-c1ccccc1C(F)(F)F)C1CC1. The molecule has 1 saturated carbocycles. The number of hydrogen-bond acceptors (Lipinski definition) is 4. The summed E-state index contributed by atoms with van der Waals surface area (Å²) in [6.07, 6.45) is -4.34. The fourth-order valence-corrected chi connectivity index (χ4v) is 4.08. The first kappa shape index (κ1) is 23.3. The van der Waals surface area contributed by atoms with Crippen LogP contribution >= 0.6 is 0 Å². The molecule has 1 aliphatic carbocycles. The molecule has 5 nitrogen and oxygen atoms in total. The zero-order valence-electron chi connectivity index (χ0n) is 18.1. The molecule has 1 saturated heterocycles. The third-order valence-electron chi connectivity index (χ3n) is 6.08. The van der Waals surface area contributed by atoms with Gasteiger partial charge in [0.05, 0.1) is 30.9 Å². The molecule has 2 N–H and O–H groups in total. The van der Waals surface area contributed by atoms with E-state index in [2.05, 4.69) is 16.7 Å². The van der Waals surface area contributed by atoms with E-state index in [1.807, 2.05) is 7.05 Å². The number of alkyl halides is 3. The molecule has 0 unspecified atom stereocenters. The summed E-state index contributed by atoms with van der Waals surface area (Å²) in [5, 5.41) is 19.2. The van der Waals surface area contributed by atoms with E-state index in [0.29, 0.717) is 29.3 Å². The second kappa shape index (κ2) is 9.18. The Hall–Kier alpha value is -2.86. The monoisotopic (exact) mass is 458 g/mol. The molecule has 1 aliphatic heterocycles. The Kier molecular flexibility index (Phi) is 6.48. The number of aliphatic hydroxyl groups is 2. The van der Waals surface area contributed by atoms with Crippen molar-refractivity contribution in [2.75, 3.05) is 20.1 Å². The van der Waals surface area contributed by atoms with E-state index in [-0.39, 0.29) is 18.7 Å². The lowest BCUT2D eigenvalue weighted by molar-refractivity contribution is -0.137. The van der Waals surface area contributed by atoms with Gasteiger partial charge in [0.2, 0.25) is 0 Å². The highest BCUT2D eigenvalue weighted by molar-refractivity contribution is 5.94. The van der Waals surface area contributed by atoms with Gasteiger partial charge in [0.15, 0.2) is 0 Å². The maximum absolute atomic E-state index is 13.6. The van der Waals surface area contributed by atoms with E-state index < -0.39 is 29.9 Å². The van der Waals surface area contributed by atoms with Crippen LogP contribution in [0.2, 0.25) is 0 Å². The lowest BCUT2D eigenvalue weighted by Gasteiger charge is -2.20. The minimum absolute atomic E-state index is 0.0132. The Bertz CT molecular complexity index is 1090. The number of rotatable bonds is 4. The van der Waals surface area contributed by atoms with Crippen LogP contribution in [-0.4, -0.2) is 64.3 Å². The van der Waals surface area contributed by atoms with Crippen molar-refractivity contribution in [3.63, 3.8) is 0 Å². The van der Waals surface area contributed by atoms with Gasteiger partial charge in [-0.15, -0.1) is 0 Å². The van der Waals surface area contributed by atoms with Crippen molar-refractivity contribution in [2.45, 2.75) is 43.8 Å². The number of carbonyl (C=O) groups is 1. The smallest absolute Gasteiger partial charge is 0.388 e. The van der Waals surface area contributed by atoms with Gasteiger partial charge < -0.3 is 15.1 Å². The average molecular weight is 458 g/mol. The fourth-order valence-electron chi connectivity index (χ4n) is 4.08. The van der Waals surface area contributed by atoms with Crippen LogP contribution in [0.3, 0.4) is 0 Å². The van der Waals surface area contributed by atoms with Crippen molar-refractivity contribution in [3.05, 3.63) is 59.2 Å². The molecule has 33 heavy (non-hydrogen) atoms. The van der Waals surface area contributed by atoms with E-state index in [1.165, 1.54) is 17.0 Å². The molecule has 4 rings (SSSR count). The zero-order chi connectivity index (χ0) is 23.8. The second-order valence-corrected chi connectivity index (χ2v) is 8.66. The molecule has 8 heteroatoms. The van der Waals surface area contributed by atoms with Crippen LogP contribution in [0.4, 0.5) is 13.2 Å². The number of carbonyl (C=O) groups excluding carboxylic acids is 1. The number of halogens is 3. The molecule has 2 aromatic carbocycles. The first-order valence-electron chi connectivity index (χ1n) is 10.8. The van der Waals surface area contributed by atoms with Gasteiger partial charge in [-0.3, -0.25) is 9.69 Å². The molecule has 2 aromatic rings. The van der Waals surface area contributed by atoms with Gasteiger partial charge in [0, 0.05) is 24.1 Å². The molecule has 0 spiro atoms. The summed E-state index contributed by atoms with van der Waals surface area (Å²) in [6.45, 7) is 0.485. The van der Waals surface area contributed by atoms with Crippen LogP contribution in [-0.2, 0) is 17.5 Å². The number of nitrogens with zero attached hydrogens (tertiary/aromatic N) is 2. The normalized spacial score (nSPS) is 20.6. The summed E-state index contributed by atoms with van der Waals surface area (Å²) in [7, 11) is 1.95. The van der Waals surface area contributed by atoms with Crippen LogP contribution in [0.5, 0.6) is 0 Å². The topological polar surface area (TPSA) is 64.0 Å². The number of amides is 1. The Morgan fingerprint density at radius 3 is 2.39 bits per heavy atom. The number of β-amino-alcohol motifs (C(OH)–C–C–N with tert-alkyl or cyclic N) is 2. The minimum atomic E-state index is -4.48. The molecule has 1 heterocycles. The Morgan fingerprint density at radius 1 is 1.09 bits per heavy atom.